The van der Waals surface area contributed by atoms with Gasteiger partial charge in [0, 0.05) is 11.4 Å². The second-order valence-electron chi connectivity index (χ2n) is 4.00. The Morgan fingerprint density at radius 1 is 1.22 bits per heavy atom. The van der Waals surface area contributed by atoms with Gasteiger partial charge in [0.25, 0.3) is 0 Å². The van der Waals surface area contributed by atoms with E-state index < -0.39 is 0 Å². The zero-order valence-electron chi connectivity index (χ0n) is 9.87. The van der Waals surface area contributed by atoms with Crippen molar-refractivity contribution >= 4 is 17.1 Å². The number of anilines is 3. The van der Waals surface area contributed by atoms with E-state index in [2.05, 4.69) is 5.32 Å². The summed E-state index contributed by atoms with van der Waals surface area (Å²) in [5.74, 6) is -0.301. The van der Waals surface area contributed by atoms with E-state index in [1.54, 1.807) is 24.3 Å². The van der Waals surface area contributed by atoms with Crippen LogP contribution in [0.4, 0.5) is 21.5 Å². The van der Waals surface area contributed by atoms with Gasteiger partial charge in [0.1, 0.15) is 11.9 Å². The van der Waals surface area contributed by atoms with Crippen LogP contribution >= 0.6 is 0 Å². The topological polar surface area (TPSA) is 61.8 Å². The van der Waals surface area contributed by atoms with Crippen LogP contribution in [-0.4, -0.2) is 0 Å². The third-order valence-electron chi connectivity index (χ3n) is 2.65. The maximum atomic E-state index is 13.1. The second kappa shape index (κ2) is 4.76. The van der Waals surface area contributed by atoms with Crippen molar-refractivity contribution in [1.29, 1.82) is 5.26 Å². The molecule has 3 nitrogen and oxygen atoms in total. The van der Waals surface area contributed by atoms with E-state index in [0.29, 0.717) is 16.9 Å². The molecule has 0 radical (unpaired) electrons. The number of benzene rings is 2. The fourth-order valence-electron chi connectivity index (χ4n) is 1.63. The summed E-state index contributed by atoms with van der Waals surface area (Å²) in [5, 5.41) is 11.9. The number of nitrogens with one attached hydrogen (secondary N) is 1. The van der Waals surface area contributed by atoms with Gasteiger partial charge >= 0.3 is 0 Å². The van der Waals surface area contributed by atoms with Crippen molar-refractivity contribution in [1.82, 2.24) is 0 Å². The van der Waals surface area contributed by atoms with E-state index in [1.807, 2.05) is 13.0 Å². The van der Waals surface area contributed by atoms with Crippen LogP contribution in [0.5, 0.6) is 0 Å². The first-order valence-electron chi connectivity index (χ1n) is 5.43. The molecule has 0 aliphatic carbocycles. The molecule has 0 spiro atoms. The van der Waals surface area contributed by atoms with E-state index in [1.165, 1.54) is 12.1 Å². The summed E-state index contributed by atoms with van der Waals surface area (Å²) in [6, 6.07) is 11.5. The number of hydrogen-bond acceptors (Lipinski definition) is 3. The highest BCUT2D eigenvalue weighted by atomic mass is 19.1. The van der Waals surface area contributed by atoms with Crippen LogP contribution in [0.3, 0.4) is 0 Å². The number of halogens is 1. The Morgan fingerprint density at radius 3 is 2.67 bits per heavy atom. The zero-order chi connectivity index (χ0) is 13.1. The first-order chi connectivity index (χ1) is 8.60. The Labute approximate surface area is 105 Å². The molecule has 0 fully saturated rings. The zero-order valence-corrected chi connectivity index (χ0v) is 9.87. The van der Waals surface area contributed by atoms with Crippen LogP contribution in [0.25, 0.3) is 0 Å². The van der Waals surface area contributed by atoms with E-state index in [0.717, 1.165) is 11.3 Å². The lowest BCUT2D eigenvalue weighted by Gasteiger charge is -2.10. The van der Waals surface area contributed by atoms with Crippen LogP contribution in [0.15, 0.2) is 36.4 Å². The number of nitrogens with two attached hydrogens (primary N) is 1. The molecule has 0 unspecified atom stereocenters. The van der Waals surface area contributed by atoms with Crippen LogP contribution in [0, 0.1) is 24.1 Å². The smallest absolute Gasteiger partial charge is 0.125 e. The lowest BCUT2D eigenvalue weighted by atomic mass is 10.1. The monoisotopic (exact) mass is 241 g/mol. The number of nitrogens with zero attached hydrogens (tertiary/aromatic N) is 1. The molecule has 2 aromatic carbocycles. The van der Waals surface area contributed by atoms with Gasteiger partial charge in [-0.05, 0) is 42.8 Å². The molecule has 3 N–H and O–H groups in total. The lowest BCUT2D eigenvalue weighted by Crippen LogP contribution is -1.96. The third-order valence-corrected chi connectivity index (χ3v) is 2.65. The predicted molar refractivity (Wildman–Crippen MR) is 70.0 cm³/mol. The van der Waals surface area contributed by atoms with Gasteiger partial charge in [0.2, 0.25) is 0 Å². The summed E-state index contributed by atoms with van der Waals surface area (Å²) in [4.78, 5) is 0. The first-order valence-corrected chi connectivity index (χ1v) is 5.43. The Balaban J connectivity index is 2.32. The minimum Gasteiger partial charge on any atom is -0.398 e. The molecule has 0 amide bonds. The van der Waals surface area contributed by atoms with Crippen molar-refractivity contribution in [3.63, 3.8) is 0 Å². The van der Waals surface area contributed by atoms with Gasteiger partial charge in [0.15, 0.2) is 0 Å². The predicted octanol–water partition coefficient (Wildman–Crippen LogP) is 3.33. The Bertz CT molecular complexity index is 629. The summed E-state index contributed by atoms with van der Waals surface area (Å²) in [6.07, 6.45) is 0. The van der Waals surface area contributed by atoms with Crippen molar-refractivity contribution in [2.75, 3.05) is 11.1 Å². The largest absolute Gasteiger partial charge is 0.398 e. The lowest BCUT2D eigenvalue weighted by molar-refractivity contribution is 0.628. The Morgan fingerprint density at radius 2 is 2.00 bits per heavy atom. The van der Waals surface area contributed by atoms with Gasteiger partial charge in [-0.1, -0.05) is 6.07 Å². The average Bonchev–Trinajstić information content (AvgIpc) is 2.34. The molecule has 0 bridgehead atoms. The van der Waals surface area contributed by atoms with Crippen LogP contribution < -0.4 is 11.1 Å². The first kappa shape index (κ1) is 11.9. The minimum atomic E-state index is -0.301. The Kier molecular flexibility index (Phi) is 3.16. The summed E-state index contributed by atoms with van der Waals surface area (Å²) >= 11 is 0. The molecule has 18 heavy (non-hydrogen) atoms. The number of hydrogen-bond donors (Lipinski definition) is 2. The average molecular weight is 241 g/mol. The van der Waals surface area contributed by atoms with E-state index >= 15 is 0 Å². The summed E-state index contributed by atoms with van der Waals surface area (Å²) in [5.41, 5.74) is 8.88. The molecule has 0 saturated carbocycles. The second-order valence-corrected chi connectivity index (χ2v) is 4.00. The fraction of sp³-hybridized carbons (Fsp3) is 0.0714. The molecule has 0 aromatic heterocycles. The molecule has 2 rings (SSSR count). The number of rotatable bonds is 2. The quantitative estimate of drug-likeness (QED) is 0.793. The van der Waals surface area contributed by atoms with Crippen molar-refractivity contribution in [3.05, 3.63) is 53.3 Å². The van der Waals surface area contributed by atoms with E-state index in [-0.39, 0.29) is 5.82 Å². The molecule has 0 atom stereocenters. The van der Waals surface area contributed by atoms with Crippen molar-refractivity contribution in [2.45, 2.75) is 6.92 Å². The summed E-state index contributed by atoms with van der Waals surface area (Å²) < 4.78 is 13.1. The highest BCUT2D eigenvalue weighted by Crippen LogP contribution is 2.24. The van der Waals surface area contributed by atoms with Crippen molar-refractivity contribution < 1.29 is 4.39 Å². The van der Waals surface area contributed by atoms with Gasteiger partial charge in [-0.2, -0.15) is 5.26 Å². The molecular formula is C14H12FN3. The maximum absolute atomic E-state index is 13.1. The molecule has 0 heterocycles. The molecule has 0 aliphatic heterocycles. The minimum absolute atomic E-state index is 0.301. The number of aryl methyl sites for hydroxylation is 1. The maximum Gasteiger partial charge on any atom is 0.125 e. The van der Waals surface area contributed by atoms with Crippen molar-refractivity contribution in [3.8, 4) is 6.07 Å². The summed E-state index contributed by atoms with van der Waals surface area (Å²) in [7, 11) is 0. The molecule has 0 aliphatic rings. The highest BCUT2D eigenvalue weighted by molar-refractivity contribution is 5.69. The van der Waals surface area contributed by atoms with Gasteiger partial charge in [-0.25, -0.2) is 4.39 Å². The van der Waals surface area contributed by atoms with Gasteiger partial charge in [0.05, 0.1) is 11.3 Å². The van der Waals surface area contributed by atoms with Gasteiger partial charge in [-0.15, -0.1) is 0 Å². The third kappa shape index (κ3) is 2.41. The SMILES string of the molecule is Cc1ccc(F)cc1Nc1ccc(C#N)c(N)c1. The van der Waals surface area contributed by atoms with Crippen LogP contribution in [-0.2, 0) is 0 Å². The van der Waals surface area contributed by atoms with Gasteiger partial charge < -0.3 is 11.1 Å². The molecular weight excluding hydrogens is 229 g/mol. The van der Waals surface area contributed by atoms with E-state index in [4.69, 9.17) is 11.0 Å². The fourth-order valence-corrected chi connectivity index (χ4v) is 1.63. The Hall–Kier alpha value is -2.54. The molecule has 0 saturated heterocycles. The van der Waals surface area contributed by atoms with Crippen molar-refractivity contribution in [2.24, 2.45) is 0 Å². The molecule has 90 valence electrons. The van der Waals surface area contributed by atoms with Crippen LogP contribution in [0.1, 0.15) is 11.1 Å². The molecule has 4 heteroatoms. The molecule has 2 aromatic rings. The standard InChI is InChI=1S/C14H12FN3/c1-9-2-4-11(15)6-14(9)18-12-5-3-10(8-16)13(17)7-12/h2-7,18H,17H2,1H3. The van der Waals surface area contributed by atoms with Gasteiger partial charge in [-0.3, -0.25) is 0 Å². The summed E-state index contributed by atoms with van der Waals surface area (Å²) in [6.45, 7) is 1.88. The normalized spacial score (nSPS) is 9.83. The highest BCUT2D eigenvalue weighted by Gasteiger charge is 2.03. The van der Waals surface area contributed by atoms with Crippen LogP contribution in [0.2, 0.25) is 0 Å². The number of nitriles is 1. The number of nitrogen functional groups attached to an aromatic ring is 1. The van der Waals surface area contributed by atoms with E-state index in [9.17, 15) is 4.39 Å².